The van der Waals surface area contributed by atoms with Crippen LogP contribution < -0.4 is 0 Å². The molecule has 0 amide bonds. The van der Waals surface area contributed by atoms with E-state index in [1.165, 1.54) is 12.0 Å². The van der Waals surface area contributed by atoms with Crippen molar-refractivity contribution in [3.05, 3.63) is 48.6 Å². The van der Waals surface area contributed by atoms with E-state index in [0.29, 0.717) is 17.9 Å². The molecule has 1 aliphatic heterocycles. The quantitative estimate of drug-likeness (QED) is 0.480. The van der Waals surface area contributed by atoms with Gasteiger partial charge in [-0.1, -0.05) is 50.3 Å². The Balaban J connectivity index is 2.03. The Hall–Kier alpha value is -0.903. The van der Waals surface area contributed by atoms with Crippen molar-refractivity contribution in [1.82, 2.24) is 4.90 Å². The topological polar surface area (TPSA) is 23.5 Å². The zero-order valence-corrected chi connectivity index (χ0v) is 17.8. The van der Waals surface area contributed by atoms with E-state index in [4.69, 9.17) is 0 Å². The van der Waals surface area contributed by atoms with Gasteiger partial charge in [-0.15, -0.1) is 6.58 Å². The predicted molar refractivity (Wildman–Crippen MR) is 111 cm³/mol. The van der Waals surface area contributed by atoms with Crippen LogP contribution in [0.15, 0.2) is 43.0 Å². The van der Waals surface area contributed by atoms with Gasteiger partial charge in [0, 0.05) is 19.1 Å². The first-order valence-electron chi connectivity index (χ1n) is 9.78. The lowest BCUT2D eigenvalue weighted by Crippen LogP contribution is -2.39. The molecule has 1 aliphatic rings. The Bertz CT molecular complexity index is 549. The Kier molecular flexibility index (Phi) is 6.69. The fraction of sp³-hybridized carbons (Fsp3) is 0.636. The van der Waals surface area contributed by atoms with Gasteiger partial charge in [0.2, 0.25) is 0 Å². The van der Waals surface area contributed by atoms with Crippen LogP contribution in [0.25, 0.3) is 0 Å². The summed E-state index contributed by atoms with van der Waals surface area (Å²) >= 11 is 0. The van der Waals surface area contributed by atoms with Crippen LogP contribution in [0.3, 0.4) is 0 Å². The Morgan fingerprint density at radius 1 is 1.24 bits per heavy atom. The van der Waals surface area contributed by atoms with Crippen molar-refractivity contribution in [3.63, 3.8) is 0 Å². The van der Waals surface area contributed by atoms with E-state index >= 15 is 0 Å². The van der Waals surface area contributed by atoms with Crippen LogP contribution in [0.2, 0.25) is 18.1 Å². The van der Waals surface area contributed by atoms with Gasteiger partial charge < -0.3 is 4.80 Å². The van der Waals surface area contributed by atoms with Crippen LogP contribution in [-0.4, -0.2) is 31.1 Å². The van der Waals surface area contributed by atoms with Crippen molar-refractivity contribution in [1.29, 1.82) is 0 Å². The summed E-state index contributed by atoms with van der Waals surface area (Å²) in [5.74, 6) is 1.41. The van der Waals surface area contributed by atoms with Gasteiger partial charge in [-0.3, -0.25) is 4.90 Å². The van der Waals surface area contributed by atoms with Gasteiger partial charge in [-0.25, -0.2) is 0 Å². The monoisotopic (exact) mass is 359 g/mol. The molecule has 2 rings (SSSR count). The van der Waals surface area contributed by atoms with Crippen molar-refractivity contribution in [3.8, 4) is 0 Å². The van der Waals surface area contributed by atoms with E-state index in [9.17, 15) is 4.80 Å². The molecule has 1 aromatic rings. The minimum absolute atomic E-state index is 0.0736. The van der Waals surface area contributed by atoms with Gasteiger partial charge in [0.25, 0.3) is 0 Å². The van der Waals surface area contributed by atoms with E-state index in [0.717, 1.165) is 25.9 Å². The van der Waals surface area contributed by atoms with Gasteiger partial charge in [0.05, 0.1) is 0 Å². The van der Waals surface area contributed by atoms with Gasteiger partial charge in [-0.05, 0) is 61.7 Å². The second-order valence-corrected chi connectivity index (χ2v) is 13.5. The fourth-order valence-electron chi connectivity index (χ4n) is 3.89. The Morgan fingerprint density at radius 2 is 1.84 bits per heavy atom. The molecular weight excluding hydrogens is 322 g/mol. The molecule has 1 saturated heterocycles. The third-order valence-corrected chi connectivity index (χ3v) is 10.3. The summed E-state index contributed by atoms with van der Waals surface area (Å²) in [6.45, 7) is 17.3. The molecule has 0 spiro atoms. The molecule has 0 saturated carbocycles. The number of rotatable bonds is 8. The maximum Gasteiger partial charge on any atom is 0.188 e. The smallest absolute Gasteiger partial charge is 0.188 e. The average Bonchev–Trinajstić information content (AvgIpc) is 2.95. The van der Waals surface area contributed by atoms with Crippen LogP contribution in [0.1, 0.15) is 51.6 Å². The maximum absolute atomic E-state index is 10.6. The SMILES string of the molecule is C=CC[C@@H]1CN([C@H](C)c2ccccc2)C[C@H]1CCC(C)(C)[Si](C)(C)O. The zero-order chi connectivity index (χ0) is 18.7. The number of allylic oxidation sites excluding steroid dienone is 1. The summed E-state index contributed by atoms with van der Waals surface area (Å²) in [5, 5.41) is 0.0736. The molecule has 1 N–H and O–H groups in total. The van der Waals surface area contributed by atoms with Crippen molar-refractivity contribution in [2.24, 2.45) is 11.8 Å². The van der Waals surface area contributed by atoms with Gasteiger partial charge in [0.1, 0.15) is 0 Å². The highest BCUT2D eigenvalue weighted by atomic mass is 28.4. The van der Waals surface area contributed by atoms with Crippen molar-refractivity contribution >= 4 is 8.32 Å². The highest BCUT2D eigenvalue weighted by Gasteiger charge is 2.40. The molecule has 1 aromatic carbocycles. The van der Waals surface area contributed by atoms with Crippen LogP contribution in [-0.2, 0) is 0 Å². The zero-order valence-electron chi connectivity index (χ0n) is 16.8. The highest BCUT2D eigenvalue weighted by Crippen LogP contribution is 2.43. The molecule has 3 heteroatoms. The predicted octanol–water partition coefficient (Wildman–Crippen LogP) is 5.63. The van der Waals surface area contributed by atoms with Gasteiger partial charge >= 0.3 is 0 Å². The average molecular weight is 360 g/mol. The molecule has 0 unspecified atom stereocenters. The van der Waals surface area contributed by atoms with E-state index in [1.807, 2.05) is 0 Å². The summed E-state index contributed by atoms with van der Waals surface area (Å²) in [6, 6.07) is 11.3. The largest absolute Gasteiger partial charge is 0.432 e. The third-order valence-electron chi connectivity index (χ3n) is 6.70. The van der Waals surface area contributed by atoms with Gasteiger partial charge in [0.15, 0.2) is 8.32 Å². The van der Waals surface area contributed by atoms with Crippen LogP contribution in [0.4, 0.5) is 0 Å². The lowest BCUT2D eigenvalue weighted by atomic mass is 9.87. The molecule has 0 bridgehead atoms. The highest BCUT2D eigenvalue weighted by molar-refractivity contribution is 6.72. The van der Waals surface area contributed by atoms with Crippen molar-refractivity contribution in [2.45, 2.75) is 64.2 Å². The summed E-state index contributed by atoms with van der Waals surface area (Å²) in [4.78, 5) is 13.2. The lowest BCUT2D eigenvalue weighted by molar-refractivity contribution is 0.246. The van der Waals surface area contributed by atoms with E-state index in [1.54, 1.807) is 0 Å². The second-order valence-electron chi connectivity index (χ2n) is 9.07. The molecular formula is C22H37NOSi. The number of benzene rings is 1. The van der Waals surface area contributed by atoms with Crippen LogP contribution in [0.5, 0.6) is 0 Å². The first-order valence-corrected chi connectivity index (χ1v) is 12.7. The van der Waals surface area contributed by atoms with Crippen molar-refractivity contribution in [2.75, 3.05) is 13.1 Å². The number of hydrogen-bond acceptors (Lipinski definition) is 2. The summed E-state index contributed by atoms with van der Waals surface area (Å²) < 4.78 is 0. The molecule has 140 valence electrons. The number of hydrogen-bond donors (Lipinski definition) is 1. The van der Waals surface area contributed by atoms with E-state index in [-0.39, 0.29) is 5.04 Å². The normalized spacial score (nSPS) is 23.6. The van der Waals surface area contributed by atoms with Crippen LogP contribution in [0, 0.1) is 11.8 Å². The first-order chi connectivity index (χ1) is 11.7. The molecule has 1 fully saturated rings. The van der Waals surface area contributed by atoms with E-state index in [2.05, 4.69) is 81.8 Å². The van der Waals surface area contributed by atoms with Crippen molar-refractivity contribution < 1.29 is 4.80 Å². The van der Waals surface area contributed by atoms with E-state index < -0.39 is 8.32 Å². The Morgan fingerprint density at radius 3 is 2.40 bits per heavy atom. The Labute approximate surface area is 156 Å². The fourth-order valence-corrected chi connectivity index (χ4v) is 4.65. The lowest BCUT2D eigenvalue weighted by Gasteiger charge is -2.36. The maximum atomic E-state index is 10.6. The number of likely N-dealkylation sites (tertiary alicyclic amines) is 1. The number of nitrogens with zero attached hydrogens (tertiary/aromatic N) is 1. The standard InChI is InChI=1S/C22H37NOSi/c1-7-11-20-16-23(18(2)19-12-9-8-10-13-19)17-21(20)14-15-22(3,4)25(5,6)24/h7-10,12-13,18,20-21,24H,1,11,14-17H2,2-6H3/t18-,20-,21-/m1/s1. The summed E-state index contributed by atoms with van der Waals surface area (Å²) in [7, 11) is -2.12. The minimum atomic E-state index is -2.12. The van der Waals surface area contributed by atoms with Crippen LogP contribution >= 0.6 is 0 Å². The molecule has 0 aromatic heterocycles. The molecule has 0 aliphatic carbocycles. The molecule has 2 nitrogen and oxygen atoms in total. The second kappa shape index (κ2) is 8.19. The molecule has 3 atom stereocenters. The third kappa shape index (κ3) is 5.05. The first kappa shape index (κ1) is 20.4. The minimum Gasteiger partial charge on any atom is -0.432 e. The molecule has 1 heterocycles. The summed E-state index contributed by atoms with van der Waals surface area (Å²) in [6.07, 6.45) is 5.52. The molecule has 0 radical (unpaired) electrons. The van der Waals surface area contributed by atoms with Gasteiger partial charge in [-0.2, -0.15) is 0 Å². The molecule has 25 heavy (non-hydrogen) atoms. The summed E-state index contributed by atoms with van der Waals surface area (Å²) in [5.41, 5.74) is 1.41.